The van der Waals surface area contributed by atoms with Crippen molar-refractivity contribution in [1.29, 1.82) is 0 Å². The third kappa shape index (κ3) is 3.88. The Hall–Kier alpha value is -2.27. The fourth-order valence-electron chi connectivity index (χ4n) is 4.51. The Bertz CT molecular complexity index is 779. The average molecular weight is 367 g/mol. The third-order valence-electron chi connectivity index (χ3n) is 5.80. The van der Waals surface area contributed by atoms with Crippen molar-refractivity contribution in [3.63, 3.8) is 0 Å². The van der Waals surface area contributed by atoms with Crippen molar-refractivity contribution < 1.29 is 9.18 Å². The topological polar surface area (TPSA) is 45.2 Å². The molecule has 3 heterocycles. The van der Waals surface area contributed by atoms with E-state index in [1.54, 1.807) is 0 Å². The molecule has 2 fully saturated rings. The number of aromatic nitrogens is 1. The molecule has 0 radical (unpaired) electrons. The van der Waals surface area contributed by atoms with Crippen LogP contribution in [0.25, 0.3) is 0 Å². The lowest BCUT2D eigenvalue weighted by Crippen LogP contribution is -2.54. The van der Waals surface area contributed by atoms with Gasteiger partial charge in [0.1, 0.15) is 5.67 Å². The van der Waals surface area contributed by atoms with Crippen LogP contribution in [0.3, 0.4) is 0 Å². The number of carbonyl (C=O) groups is 1. The van der Waals surface area contributed by atoms with Crippen molar-refractivity contribution in [2.24, 2.45) is 0 Å². The zero-order chi connectivity index (χ0) is 18.9. The summed E-state index contributed by atoms with van der Waals surface area (Å²) in [4.78, 5) is 19.2. The zero-order valence-corrected chi connectivity index (χ0v) is 15.7. The summed E-state index contributed by atoms with van der Waals surface area (Å²) in [5, 5.41) is 3.24. The van der Waals surface area contributed by atoms with Crippen LogP contribution in [0.1, 0.15) is 47.3 Å². The molecule has 142 valence electrons. The van der Waals surface area contributed by atoms with Crippen LogP contribution in [0.15, 0.2) is 48.7 Å². The van der Waals surface area contributed by atoms with Crippen LogP contribution in [-0.4, -0.2) is 40.1 Å². The van der Waals surface area contributed by atoms with Crippen molar-refractivity contribution in [3.05, 3.63) is 65.5 Å². The lowest BCUT2D eigenvalue weighted by molar-refractivity contribution is 0.0128. The van der Waals surface area contributed by atoms with Gasteiger partial charge in [0.25, 0.3) is 5.91 Å². The van der Waals surface area contributed by atoms with Crippen molar-refractivity contribution in [2.45, 2.75) is 56.9 Å². The summed E-state index contributed by atoms with van der Waals surface area (Å²) in [6.45, 7) is 2.87. The van der Waals surface area contributed by atoms with Crippen LogP contribution >= 0.6 is 0 Å². The van der Waals surface area contributed by atoms with Crippen LogP contribution in [0.4, 0.5) is 4.39 Å². The summed E-state index contributed by atoms with van der Waals surface area (Å²) >= 11 is 0. The molecule has 1 amide bonds. The van der Waals surface area contributed by atoms with E-state index in [1.165, 1.54) is 0 Å². The van der Waals surface area contributed by atoms with Crippen LogP contribution in [0.5, 0.6) is 0 Å². The molecular weight excluding hydrogens is 341 g/mol. The van der Waals surface area contributed by atoms with Crippen molar-refractivity contribution in [1.82, 2.24) is 15.2 Å². The molecule has 1 aromatic heterocycles. The summed E-state index contributed by atoms with van der Waals surface area (Å²) in [5.74, 6) is 0.0435. The first-order valence-electron chi connectivity index (χ1n) is 9.73. The molecule has 3 atom stereocenters. The standard InChI is InChI=1S/C22H26FN3O/c1-16-7-8-18(25-13-16)14-24-15-22(23)11-19-9-10-20(12-22)26(19)21(27)17-5-3-2-4-6-17/h2-8,13,19-20,24H,9-12,14-15H2,1H3/t19-,20+,22?. The fraction of sp³-hybridized carbons (Fsp3) is 0.455. The molecular formula is C22H26FN3O. The van der Waals surface area contributed by atoms with E-state index in [9.17, 15) is 4.79 Å². The van der Waals surface area contributed by atoms with Gasteiger partial charge in [-0.1, -0.05) is 24.3 Å². The predicted octanol–water partition coefficient (Wildman–Crippen LogP) is 3.66. The van der Waals surface area contributed by atoms with Crippen molar-refractivity contribution >= 4 is 5.91 Å². The van der Waals surface area contributed by atoms with Gasteiger partial charge in [-0.3, -0.25) is 9.78 Å². The second-order valence-electron chi connectivity index (χ2n) is 7.95. The first-order valence-corrected chi connectivity index (χ1v) is 9.73. The maximum absolute atomic E-state index is 15.5. The quantitative estimate of drug-likeness (QED) is 0.877. The Morgan fingerprint density at radius 1 is 1.19 bits per heavy atom. The lowest BCUT2D eigenvalue weighted by Gasteiger charge is -2.42. The fourth-order valence-corrected chi connectivity index (χ4v) is 4.51. The minimum atomic E-state index is -1.26. The van der Waals surface area contributed by atoms with Gasteiger partial charge in [-0.05, 0) is 43.5 Å². The maximum Gasteiger partial charge on any atom is 0.254 e. The number of nitrogens with zero attached hydrogens (tertiary/aromatic N) is 2. The monoisotopic (exact) mass is 367 g/mol. The highest BCUT2D eigenvalue weighted by atomic mass is 19.1. The number of hydrogen-bond donors (Lipinski definition) is 1. The summed E-state index contributed by atoms with van der Waals surface area (Å²) in [6, 6.07) is 13.3. The molecule has 2 aliphatic heterocycles. The number of amides is 1. The minimum absolute atomic E-state index is 0.000700. The van der Waals surface area contributed by atoms with Crippen LogP contribution in [0, 0.1) is 6.92 Å². The number of benzene rings is 1. The average Bonchev–Trinajstić information content (AvgIpc) is 2.96. The van der Waals surface area contributed by atoms with E-state index in [4.69, 9.17) is 0 Å². The summed E-state index contributed by atoms with van der Waals surface area (Å²) in [5.41, 5.74) is 1.48. The van der Waals surface area contributed by atoms with Crippen molar-refractivity contribution in [3.8, 4) is 0 Å². The molecule has 5 heteroatoms. The zero-order valence-electron chi connectivity index (χ0n) is 15.7. The van der Waals surface area contributed by atoms with Crippen molar-refractivity contribution in [2.75, 3.05) is 6.54 Å². The third-order valence-corrected chi connectivity index (χ3v) is 5.80. The molecule has 0 aliphatic carbocycles. The Morgan fingerprint density at radius 2 is 1.89 bits per heavy atom. The molecule has 0 spiro atoms. The first kappa shape index (κ1) is 18.1. The van der Waals surface area contributed by atoms with E-state index in [0.717, 1.165) is 24.1 Å². The number of rotatable bonds is 5. The van der Waals surface area contributed by atoms with Gasteiger partial charge >= 0.3 is 0 Å². The number of pyridine rings is 1. The number of piperidine rings is 1. The van der Waals surface area contributed by atoms with E-state index in [-0.39, 0.29) is 18.0 Å². The Kier molecular flexibility index (Phi) is 4.96. The van der Waals surface area contributed by atoms with Gasteiger partial charge in [0, 0.05) is 49.8 Å². The largest absolute Gasteiger partial charge is 0.332 e. The summed E-state index contributed by atoms with van der Waals surface area (Å²) in [7, 11) is 0. The lowest BCUT2D eigenvalue weighted by atomic mass is 9.87. The van der Waals surface area contributed by atoms with Gasteiger partial charge in [0.05, 0.1) is 5.69 Å². The number of fused-ring (bicyclic) bond motifs is 2. The van der Waals surface area contributed by atoms with Crippen LogP contribution in [0.2, 0.25) is 0 Å². The number of halogens is 1. The highest BCUT2D eigenvalue weighted by molar-refractivity contribution is 5.94. The normalized spacial score (nSPS) is 27.0. The van der Waals surface area contributed by atoms with E-state index in [0.29, 0.717) is 31.5 Å². The van der Waals surface area contributed by atoms with Gasteiger partial charge in [-0.25, -0.2) is 4.39 Å². The SMILES string of the molecule is Cc1ccc(CNCC2(F)C[C@H]3CC[C@@H](C2)N3C(=O)c2ccccc2)nc1. The van der Waals surface area contributed by atoms with Crippen LogP contribution in [-0.2, 0) is 6.54 Å². The Morgan fingerprint density at radius 3 is 2.52 bits per heavy atom. The molecule has 4 rings (SSSR count). The molecule has 1 N–H and O–H groups in total. The number of carbonyl (C=O) groups excluding carboxylic acids is 1. The first-order chi connectivity index (χ1) is 13.0. The van der Waals surface area contributed by atoms with E-state index >= 15 is 4.39 Å². The summed E-state index contributed by atoms with van der Waals surface area (Å²) in [6.07, 6.45) is 4.45. The molecule has 2 aliphatic rings. The van der Waals surface area contributed by atoms with E-state index < -0.39 is 5.67 Å². The smallest absolute Gasteiger partial charge is 0.254 e. The second-order valence-corrected chi connectivity index (χ2v) is 7.95. The molecule has 2 aromatic rings. The number of aryl methyl sites for hydroxylation is 1. The molecule has 0 saturated carbocycles. The van der Waals surface area contributed by atoms with E-state index in [1.807, 2.05) is 60.5 Å². The molecule has 1 unspecified atom stereocenters. The molecule has 1 aromatic carbocycles. The van der Waals surface area contributed by atoms with Gasteiger partial charge in [0.15, 0.2) is 0 Å². The minimum Gasteiger partial charge on any atom is -0.332 e. The van der Waals surface area contributed by atoms with Gasteiger partial charge in [0.2, 0.25) is 0 Å². The van der Waals surface area contributed by atoms with Gasteiger partial charge in [-0.2, -0.15) is 0 Å². The Labute approximate surface area is 159 Å². The maximum atomic E-state index is 15.5. The van der Waals surface area contributed by atoms with Crippen LogP contribution < -0.4 is 5.32 Å². The van der Waals surface area contributed by atoms with Gasteiger partial charge < -0.3 is 10.2 Å². The highest BCUT2D eigenvalue weighted by Gasteiger charge is 2.50. The molecule has 2 saturated heterocycles. The number of alkyl halides is 1. The summed E-state index contributed by atoms with van der Waals surface area (Å²) < 4.78 is 15.5. The molecule has 4 nitrogen and oxygen atoms in total. The van der Waals surface area contributed by atoms with Gasteiger partial charge in [-0.15, -0.1) is 0 Å². The second kappa shape index (κ2) is 7.39. The predicted molar refractivity (Wildman–Crippen MR) is 103 cm³/mol. The van der Waals surface area contributed by atoms with E-state index in [2.05, 4.69) is 10.3 Å². The molecule has 27 heavy (non-hydrogen) atoms. The number of nitrogens with one attached hydrogen (secondary N) is 1. The highest BCUT2D eigenvalue weighted by Crippen LogP contribution is 2.43. The Balaban J connectivity index is 1.37. The molecule has 2 bridgehead atoms. The number of hydrogen-bond acceptors (Lipinski definition) is 3.